The van der Waals surface area contributed by atoms with Crippen LogP contribution in [0.3, 0.4) is 0 Å². The number of pyridine rings is 1. The average Bonchev–Trinajstić information content (AvgIpc) is 2.88. The molecule has 1 fully saturated rings. The van der Waals surface area contributed by atoms with E-state index < -0.39 is 16.0 Å². The van der Waals surface area contributed by atoms with Crippen LogP contribution >= 0.6 is 0 Å². The fourth-order valence-electron chi connectivity index (χ4n) is 2.85. The number of nitrogens with zero attached hydrogens (tertiary/aromatic N) is 2. The van der Waals surface area contributed by atoms with Crippen molar-refractivity contribution < 1.29 is 17.9 Å². The summed E-state index contributed by atoms with van der Waals surface area (Å²) in [4.78, 5) is 15.5. The van der Waals surface area contributed by atoms with Crippen LogP contribution in [0, 0.1) is 5.92 Å². The maximum Gasteiger partial charge on any atom is 0.358 e. The number of hydrogen-bond acceptors (Lipinski definition) is 5. The number of sulfonamides is 1. The second kappa shape index (κ2) is 6.11. The van der Waals surface area contributed by atoms with Crippen molar-refractivity contribution in [2.24, 2.45) is 5.92 Å². The Hall–Kier alpha value is -1.47. The number of ether oxygens (including phenoxy) is 1. The molecule has 1 aromatic heterocycles. The lowest BCUT2D eigenvalue weighted by molar-refractivity contribution is 0.0589. The summed E-state index contributed by atoms with van der Waals surface area (Å²) >= 11 is 0. The molecule has 2 atom stereocenters. The van der Waals surface area contributed by atoms with E-state index in [0.29, 0.717) is 12.5 Å². The first-order valence-electron chi connectivity index (χ1n) is 6.98. The minimum Gasteiger partial charge on any atom is -0.464 e. The maximum atomic E-state index is 12.9. The Labute approximate surface area is 125 Å². The van der Waals surface area contributed by atoms with E-state index >= 15 is 0 Å². The Kier molecular flexibility index (Phi) is 4.63. The zero-order valence-corrected chi connectivity index (χ0v) is 13.3. The summed E-state index contributed by atoms with van der Waals surface area (Å²) in [7, 11) is -2.54. The van der Waals surface area contributed by atoms with Crippen LogP contribution < -0.4 is 0 Å². The molecule has 1 aliphatic heterocycles. The third-order valence-electron chi connectivity index (χ3n) is 3.99. The van der Waals surface area contributed by atoms with Crippen LogP contribution in [0.25, 0.3) is 0 Å². The van der Waals surface area contributed by atoms with E-state index in [0.717, 1.165) is 12.8 Å². The Balaban J connectivity index is 2.48. The van der Waals surface area contributed by atoms with E-state index in [4.69, 9.17) is 0 Å². The highest BCUT2D eigenvalue weighted by Crippen LogP contribution is 2.32. The average molecular weight is 312 g/mol. The second-order valence-electron chi connectivity index (χ2n) is 5.20. The van der Waals surface area contributed by atoms with Crippen molar-refractivity contribution >= 4 is 16.0 Å². The van der Waals surface area contributed by atoms with Gasteiger partial charge >= 0.3 is 5.97 Å². The van der Waals surface area contributed by atoms with Crippen LogP contribution in [0.1, 0.15) is 37.2 Å². The minimum atomic E-state index is -3.75. The van der Waals surface area contributed by atoms with Crippen LogP contribution in [-0.4, -0.2) is 43.4 Å². The van der Waals surface area contributed by atoms with Gasteiger partial charge in [-0.05, 0) is 30.9 Å². The molecule has 7 heteroatoms. The van der Waals surface area contributed by atoms with Gasteiger partial charge in [0.05, 0.1) is 7.11 Å². The van der Waals surface area contributed by atoms with Crippen LogP contribution in [0.2, 0.25) is 0 Å². The molecule has 116 valence electrons. The Morgan fingerprint density at radius 2 is 2.24 bits per heavy atom. The van der Waals surface area contributed by atoms with Gasteiger partial charge in [-0.1, -0.05) is 13.8 Å². The van der Waals surface area contributed by atoms with Gasteiger partial charge in [-0.25, -0.2) is 18.2 Å². The smallest absolute Gasteiger partial charge is 0.358 e. The molecule has 0 saturated carbocycles. The number of hydrogen-bond donors (Lipinski definition) is 0. The molecule has 1 aromatic rings. The topological polar surface area (TPSA) is 76.6 Å². The standard InChI is InChI=1S/C14H20N2O4S/c1-4-11-10(2)7-9-16(11)21(18,19)12-6-5-8-15-13(12)14(17)20-3/h5-6,8,10-11H,4,7,9H2,1-3H3. The zero-order chi connectivity index (χ0) is 15.6. The van der Waals surface area contributed by atoms with Crippen LogP contribution in [-0.2, 0) is 14.8 Å². The number of rotatable bonds is 4. The molecule has 0 amide bonds. The van der Waals surface area contributed by atoms with Crippen molar-refractivity contribution in [3.63, 3.8) is 0 Å². The van der Waals surface area contributed by atoms with Crippen molar-refractivity contribution in [2.75, 3.05) is 13.7 Å². The summed E-state index contributed by atoms with van der Waals surface area (Å²) in [5.74, 6) is -0.433. The van der Waals surface area contributed by atoms with E-state index in [9.17, 15) is 13.2 Å². The largest absolute Gasteiger partial charge is 0.464 e. The summed E-state index contributed by atoms with van der Waals surface area (Å²) in [5, 5.41) is 0. The molecule has 0 N–H and O–H groups in total. The monoisotopic (exact) mass is 312 g/mol. The molecule has 2 unspecified atom stereocenters. The summed E-state index contributed by atoms with van der Waals surface area (Å²) in [6.45, 7) is 4.49. The van der Waals surface area contributed by atoms with Gasteiger partial charge in [0.15, 0.2) is 5.69 Å². The van der Waals surface area contributed by atoms with Crippen molar-refractivity contribution in [3.8, 4) is 0 Å². The van der Waals surface area contributed by atoms with Crippen LogP contribution in [0.15, 0.2) is 23.2 Å². The number of methoxy groups -OCH3 is 1. The molecule has 2 heterocycles. The quantitative estimate of drug-likeness (QED) is 0.791. The first-order chi connectivity index (χ1) is 9.93. The fourth-order valence-corrected chi connectivity index (χ4v) is 4.80. The molecule has 2 rings (SSSR count). The number of carbonyl (C=O) groups excluding carboxylic acids is 1. The normalized spacial score (nSPS) is 23.2. The predicted octanol–water partition coefficient (Wildman–Crippen LogP) is 1.68. The highest BCUT2D eigenvalue weighted by Gasteiger charge is 2.40. The van der Waals surface area contributed by atoms with E-state index in [1.165, 1.54) is 29.7 Å². The molecule has 0 aromatic carbocycles. The molecule has 0 spiro atoms. The van der Waals surface area contributed by atoms with E-state index in [2.05, 4.69) is 9.72 Å². The van der Waals surface area contributed by atoms with E-state index in [1.807, 2.05) is 13.8 Å². The molecule has 21 heavy (non-hydrogen) atoms. The van der Waals surface area contributed by atoms with Gasteiger partial charge < -0.3 is 4.74 Å². The third kappa shape index (κ3) is 2.80. The van der Waals surface area contributed by atoms with Crippen LogP contribution in [0.4, 0.5) is 0 Å². The number of esters is 1. The lowest BCUT2D eigenvalue weighted by Gasteiger charge is -2.25. The Bertz CT molecular complexity index is 630. The van der Waals surface area contributed by atoms with Crippen molar-refractivity contribution in [2.45, 2.75) is 37.6 Å². The summed E-state index contributed by atoms with van der Waals surface area (Å²) in [6.07, 6.45) is 2.95. The highest BCUT2D eigenvalue weighted by atomic mass is 32.2. The SMILES string of the molecule is CCC1C(C)CCN1S(=O)(=O)c1cccnc1C(=O)OC. The number of aromatic nitrogens is 1. The molecule has 0 bridgehead atoms. The maximum absolute atomic E-state index is 12.9. The van der Waals surface area contributed by atoms with Crippen molar-refractivity contribution in [3.05, 3.63) is 24.0 Å². The van der Waals surface area contributed by atoms with Gasteiger partial charge in [0.1, 0.15) is 4.90 Å². The fraction of sp³-hybridized carbons (Fsp3) is 0.571. The molecule has 0 radical (unpaired) electrons. The number of carbonyl (C=O) groups is 1. The Morgan fingerprint density at radius 3 is 2.86 bits per heavy atom. The van der Waals surface area contributed by atoms with Crippen molar-refractivity contribution in [1.82, 2.24) is 9.29 Å². The molecule has 0 aliphatic carbocycles. The summed E-state index contributed by atoms with van der Waals surface area (Å²) < 4.78 is 31.8. The molecule has 1 saturated heterocycles. The molecular formula is C14H20N2O4S. The van der Waals surface area contributed by atoms with Crippen LogP contribution in [0.5, 0.6) is 0 Å². The molecule has 1 aliphatic rings. The van der Waals surface area contributed by atoms with E-state index in [1.54, 1.807) is 0 Å². The van der Waals surface area contributed by atoms with E-state index in [-0.39, 0.29) is 16.6 Å². The first kappa shape index (κ1) is 15.9. The van der Waals surface area contributed by atoms with Gasteiger partial charge in [0, 0.05) is 18.8 Å². The summed E-state index contributed by atoms with van der Waals surface area (Å²) in [5.41, 5.74) is -0.158. The predicted molar refractivity (Wildman–Crippen MR) is 77.3 cm³/mol. The van der Waals surface area contributed by atoms with Gasteiger partial charge in [-0.3, -0.25) is 0 Å². The molecular weight excluding hydrogens is 292 g/mol. The zero-order valence-electron chi connectivity index (χ0n) is 12.4. The van der Waals surface area contributed by atoms with Crippen molar-refractivity contribution in [1.29, 1.82) is 0 Å². The van der Waals surface area contributed by atoms with Gasteiger partial charge in [-0.15, -0.1) is 0 Å². The lowest BCUT2D eigenvalue weighted by Crippen LogP contribution is -2.37. The van der Waals surface area contributed by atoms with Gasteiger partial charge in [0.25, 0.3) is 0 Å². The molecule has 6 nitrogen and oxygen atoms in total. The Morgan fingerprint density at radius 1 is 1.52 bits per heavy atom. The summed E-state index contributed by atoms with van der Waals surface area (Å²) in [6, 6.07) is 2.88. The second-order valence-corrected chi connectivity index (χ2v) is 7.06. The van der Waals surface area contributed by atoms with Gasteiger partial charge in [-0.2, -0.15) is 4.31 Å². The highest BCUT2D eigenvalue weighted by molar-refractivity contribution is 7.89. The van der Waals surface area contributed by atoms with Gasteiger partial charge in [0.2, 0.25) is 10.0 Å². The first-order valence-corrected chi connectivity index (χ1v) is 8.42. The lowest BCUT2D eigenvalue weighted by atomic mass is 10.0. The minimum absolute atomic E-state index is 0.0410. The third-order valence-corrected chi connectivity index (χ3v) is 5.94.